The second kappa shape index (κ2) is 5.95. The van der Waals surface area contributed by atoms with E-state index in [9.17, 15) is 17.8 Å². The van der Waals surface area contributed by atoms with E-state index in [0.29, 0.717) is 5.69 Å². The Morgan fingerprint density at radius 2 is 1.88 bits per heavy atom. The molecule has 0 radical (unpaired) electrons. The largest absolute Gasteiger partial charge is 0.385 e. The van der Waals surface area contributed by atoms with Crippen LogP contribution >= 0.6 is 0 Å². The fourth-order valence-corrected chi connectivity index (χ4v) is 2.95. The number of para-hydroxylation sites is 1. The quantitative estimate of drug-likeness (QED) is 0.723. The molecule has 3 rings (SSSR count). The molecule has 0 saturated heterocycles. The summed E-state index contributed by atoms with van der Waals surface area (Å²) in [6.07, 6.45) is -0.0365. The van der Waals surface area contributed by atoms with Crippen LogP contribution in [0.15, 0.2) is 58.5 Å². The molecule has 4 N–H and O–H groups in total. The number of carbonyl (C=O) groups is 1. The number of benzene rings is 2. The summed E-state index contributed by atoms with van der Waals surface area (Å²) in [5.74, 6) is -0.238. The van der Waals surface area contributed by atoms with Crippen molar-refractivity contribution in [1.82, 2.24) is 0 Å². The number of rotatable bonds is 4. The smallest absolute Gasteiger partial charge is 0.296 e. The van der Waals surface area contributed by atoms with Crippen molar-refractivity contribution in [1.29, 1.82) is 0 Å². The van der Waals surface area contributed by atoms with Crippen LogP contribution in [0.4, 0.5) is 17.1 Å². The normalized spacial score (nSPS) is 14.6. The van der Waals surface area contributed by atoms with Gasteiger partial charge in [0.05, 0.1) is 17.8 Å². The first-order chi connectivity index (χ1) is 11.3. The van der Waals surface area contributed by atoms with Gasteiger partial charge in [0.1, 0.15) is 10.7 Å². The molecule has 1 aliphatic heterocycles. The van der Waals surface area contributed by atoms with Crippen LogP contribution in [0, 0.1) is 0 Å². The number of hydrogen-bond donors (Lipinski definition) is 3. The molecular weight excluding hydrogens is 332 g/mol. The van der Waals surface area contributed by atoms with E-state index in [4.69, 9.17) is 5.73 Å². The van der Waals surface area contributed by atoms with Crippen molar-refractivity contribution in [2.75, 3.05) is 10.3 Å². The van der Waals surface area contributed by atoms with E-state index in [1.807, 2.05) is 6.07 Å². The number of hydrazone groups is 1. The molecule has 0 atom stereocenters. The minimum Gasteiger partial charge on any atom is -0.385 e. The standard InChI is InChI=1S/C15H14N4O4S/c16-14-9-15(20)19(18-14)11-6-7-12(13(8-11)24(21,22)23)17-10-4-2-1-3-5-10/h1-8,17H,9H2,(H2,16,18)(H,21,22,23). The number of carbonyl (C=O) groups excluding carboxylic acids is 1. The summed E-state index contributed by atoms with van der Waals surface area (Å²) >= 11 is 0. The lowest BCUT2D eigenvalue weighted by molar-refractivity contribution is -0.116. The Labute approximate surface area is 138 Å². The Bertz CT molecular complexity index is 926. The molecule has 9 heteroatoms. The van der Waals surface area contributed by atoms with Gasteiger partial charge >= 0.3 is 0 Å². The van der Waals surface area contributed by atoms with Crippen LogP contribution in [-0.4, -0.2) is 24.7 Å². The first-order valence-electron chi connectivity index (χ1n) is 6.94. The molecule has 2 aromatic carbocycles. The topological polar surface area (TPSA) is 125 Å². The van der Waals surface area contributed by atoms with Gasteiger partial charge in [-0.25, -0.2) is 0 Å². The highest BCUT2D eigenvalue weighted by Gasteiger charge is 2.26. The Morgan fingerprint density at radius 3 is 2.46 bits per heavy atom. The van der Waals surface area contributed by atoms with Gasteiger partial charge in [0, 0.05) is 5.69 Å². The number of nitrogens with one attached hydrogen (secondary N) is 1. The summed E-state index contributed by atoms with van der Waals surface area (Å²) in [6.45, 7) is 0. The lowest BCUT2D eigenvalue weighted by atomic mass is 10.2. The predicted molar refractivity (Wildman–Crippen MR) is 89.7 cm³/mol. The third kappa shape index (κ3) is 3.21. The van der Waals surface area contributed by atoms with Gasteiger partial charge in [-0.15, -0.1) is 0 Å². The number of amides is 1. The van der Waals surface area contributed by atoms with Gasteiger partial charge in [0.2, 0.25) is 0 Å². The number of nitrogens with zero attached hydrogens (tertiary/aromatic N) is 2. The van der Waals surface area contributed by atoms with Gasteiger partial charge in [0.15, 0.2) is 0 Å². The monoisotopic (exact) mass is 346 g/mol. The summed E-state index contributed by atoms with van der Waals surface area (Å²) in [7, 11) is -4.52. The lowest BCUT2D eigenvalue weighted by Gasteiger charge is -2.15. The van der Waals surface area contributed by atoms with Crippen molar-refractivity contribution in [2.24, 2.45) is 10.8 Å². The van der Waals surface area contributed by atoms with Gasteiger partial charge in [-0.3, -0.25) is 9.35 Å². The maximum Gasteiger partial charge on any atom is 0.296 e. The van der Waals surface area contributed by atoms with Gasteiger partial charge < -0.3 is 11.1 Å². The Morgan fingerprint density at radius 1 is 1.17 bits per heavy atom. The van der Waals surface area contributed by atoms with Gasteiger partial charge in [-0.2, -0.15) is 18.5 Å². The zero-order chi connectivity index (χ0) is 17.3. The fourth-order valence-electron chi connectivity index (χ4n) is 2.29. The highest BCUT2D eigenvalue weighted by Crippen LogP contribution is 2.30. The van der Waals surface area contributed by atoms with E-state index in [1.165, 1.54) is 18.2 Å². The Balaban J connectivity index is 2.04. The molecule has 0 fully saturated rings. The first-order valence-corrected chi connectivity index (χ1v) is 8.38. The molecule has 1 amide bonds. The molecule has 0 spiro atoms. The summed E-state index contributed by atoms with van der Waals surface area (Å²) in [5.41, 5.74) is 6.54. The van der Waals surface area contributed by atoms with E-state index >= 15 is 0 Å². The van der Waals surface area contributed by atoms with Crippen molar-refractivity contribution in [3.63, 3.8) is 0 Å². The van der Waals surface area contributed by atoms with E-state index in [1.54, 1.807) is 24.3 Å². The van der Waals surface area contributed by atoms with Gasteiger partial charge in [0.25, 0.3) is 16.0 Å². The molecular formula is C15H14N4O4S. The molecule has 0 aliphatic carbocycles. The maximum absolute atomic E-state index is 11.8. The predicted octanol–water partition coefficient (Wildman–Crippen LogP) is 1.69. The number of nitrogens with two attached hydrogens (primary N) is 1. The molecule has 1 heterocycles. The zero-order valence-corrected chi connectivity index (χ0v) is 13.2. The van der Waals surface area contributed by atoms with Gasteiger partial charge in [-0.1, -0.05) is 18.2 Å². The molecule has 1 aliphatic rings. The molecule has 0 aromatic heterocycles. The van der Waals surface area contributed by atoms with Crippen LogP contribution in [0.2, 0.25) is 0 Å². The molecule has 8 nitrogen and oxygen atoms in total. The number of amidine groups is 1. The van der Waals surface area contributed by atoms with E-state index in [2.05, 4.69) is 10.4 Å². The van der Waals surface area contributed by atoms with Crippen LogP contribution < -0.4 is 16.1 Å². The highest BCUT2D eigenvalue weighted by molar-refractivity contribution is 7.86. The average molecular weight is 346 g/mol. The molecule has 124 valence electrons. The van der Waals surface area contributed by atoms with Crippen LogP contribution in [0.5, 0.6) is 0 Å². The summed E-state index contributed by atoms with van der Waals surface area (Å²) in [5, 5.41) is 7.78. The fraction of sp³-hybridized carbons (Fsp3) is 0.0667. The molecule has 0 unspecified atom stereocenters. The van der Waals surface area contributed by atoms with Crippen molar-refractivity contribution in [2.45, 2.75) is 11.3 Å². The van der Waals surface area contributed by atoms with Crippen LogP contribution in [0.1, 0.15) is 6.42 Å². The van der Waals surface area contributed by atoms with Gasteiger partial charge in [-0.05, 0) is 30.3 Å². The van der Waals surface area contributed by atoms with Crippen LogP contribution in [-0.2, 0) is 14.9 Å². The molecule has 0 bridgehead atoms. The minimum atomic E-state index is -4.52. The number of anilines is 3. The third-order valence-electron chi connectivity index (χ3n) is 3.34. The second-order valence-electron chi connectivity index (χ2n) is 5.12. The van der Waals surface area contributed by atoms with Crippen molar-refractivity contribution < 1.29 is 17.8 Å². The average Bonchev–Trinajstić information content (AvgIpc) is 2.86. The number of hydrogen-bond acceptors (Lipinski definition) is 6. The third-order valence-corrected chi connectivity index (χ3v) is 4.23. The Hall–Kier alpha value is -2.91. The van der Waals surface area contributed by atoms with Crippen LogP contribution in [0.3, 0.4) is 0 Å². The molecule has 0 saturated carbocycles. The van der Waals surface area contributed by atoms with E-state index < -0.39 is 10.1 Å². The van der Waals surface area contributed by atoms with Crippen LogP contribution in [0.25, 0.3) is 0 Å². The summed E-state index contributed by atoms with van der Waals surface area (Å²) < 4.78 is 32.9. The second-order valence-corrected chi connectivity index (χ2v) is 6.51. The summed E-state index contributed by atoms with van der Waals surface area (Å²) in [6, 6.07) is 13.0. The van der Waals surface area contributed by atoms with Crippen molar-refractivity contribution in [3.8, 4) is 0 Å². The summed E-state index contributed by atoms with van der Waals surface area (Å²) in [4.78, 5) is 11.5. The molecule has 24 heavy (non-hydrogen) atoms. The highest BCUT2D eigenvalue weighted by atomic mass is 32.2. The first kappa shape index (κ1) is 16.0. The minimum absolute atomic E-state index is 0.0365. The van der Waals surface area contributed by atoms with E-state index in [0.717, 1.165) is 5.01 Å². The lowest BCUT2D eigenvalue weighted by Crippen LogP contribution is -2.20. The van der Waals surface area contributed by atoms with E-state index in [-0.39, 0.29) is 34.4 Å². The SMILES string of the molecule is NC1=NN(c2ccc(Nc3ccccc3)c(S(=O)(=O)O)c2)C(=O)C1. The van der Waals surface area contributed by atoms with Crippen molar-refractivity contribution >= 4 is 38.9 Å². The maximum atomic E-state index is 11.8. The Kier molecular flexibility index (Phi) is 3.96. The molecule has 2 aromatic rings. The van der Waals surface area contributed by atoms with Crippen molar-refractivity contribution in [3.05, 3.63) is 48.5 Å². The zero-order valence-electron chi connectivity index (χ0n) is 12.4.